The Morgan fingerprint density at radius 1 is 1.15 bits per heavy atom. The molecule has 2 aromatic carbocycles. The van der Waals surface area contributed by atoms with Crippen LogP contribution in [-0.4, -0.2) is 28.3 Å². The van der Waals surface area contributed by atoms with Crippen molar-refractivity contribution in [2.24, 2.45) is 0 Å². The van der Waals surface area contributed by atoms with Crippen LogP contribution in [0.1, 0.15) is 5.56 Å². The Bertz CT molecular complexity index is 1040. The van der Waals surface area contributed by atoms with E-state index < -0.39 is 0 Å². The van der Waals surface area contributed by atoms with Gasteiger partial charge in [0, 0.05) is 42.9 Å². The van der Waals surface area contributed by atoms with E-state index in [2.05, 4.69) is 32.0 Å². The van der Waals surface area contributed by atoms with Crippen molar-refractivity contribution in [1.82, 2.24) is 14.5 Å². The fraction of sp³-hybridized carbons (Fsp3) is 0.190. The number of nitrogens with zero attached hydrogens (tertiary/aromatic N) is 2. The van der Waals surface area contributed by atoms with Gasteiger partial charge in [-0.2, -0.15) is 0 Å². The second kappa shape index (κ2) is 7.63. The SMILES string of the molecule is COCCn1c(-c2ccc(F)cc2)cnc1NCc1c[nH]c2ccccc12. The zero-order valence-electron chi connectivity index (χ0n) is 15.1. The van der Waals surface area contributed by atoms with E-state index in [4.69, 9.17) is 4.74 Å². The molecule has 5 nitrogen and oxygen atoms in total. The highest BCUT2D eigenvalue weighted by Gasteiger charge is 2.12. The van der Waals surface area contributed by atoms with Crippen LogP contribution >= 0.6 is 0 Å². The van der Waals surface area contributed by atoms with Crippen LogP contribution in [0.4, 0.5) is 10.3 Å². The lowest BCUT2D eigenvalue weighted by atomic mass is 10.1. The summed E-state index contributed by atoms with van der Waals surface area (Å²) in [5.74, 6) is 0.510. The van der Waals surface area contributed by atoms with E-state index in [1.54, 1.807) is 25.4 Å². The summed E-state index contributed by atoms with van der Waals surface area (Å²) in [6.07, 6.45) is 3.82. The predicted molar refractivity (Wildman–Crippen MR) is 105 cm³/mol. The third-order valence-electron chi connectivity index (χ3n) is 4.63. The monoisotopic (exact) mass is 364 g/mol. The Kier molecular flexibility index (Phi) is 4.89. The van der Waals surface area contributed by atoms with Gasteiger partial charge in [-0.15, -0.1) is 0 Å². The van der Waals surface area contributed by atoms with E-state index in [0.29, 0.717) is 19.7 Å². The Morgan fingerprint density at radius 2 is 1.96 bits per heavy atom. The summed E-state index contributed by atoms with van der Waals surface area (Å²) in [4.78, 5) is 7.83. The molecule has 138 valence electrons. The summed E-state index contributed by atoms with van der Waals surface area (Å²) in [5, 5.41) is 4.61. The number of aromatic nitrogens is 3. The number of imidazole rings is 1. The number of methoxy groups -OCH3 is 1. The average Bonchev–Trinajstić information content (AvgIpc) is 3.29. The number of anilines is 1. The lowest BCUT2D eigenvalue weighted by Crippen LogP contribution is -2.11. The van der Waals surface area contributed by atoms with Crippen molar-refractivity contribution in [3.63, 3.8) is 0 Å². The molecule has 0 atom stereocenters. The van der Waals surface area contributed by atoms with Crippen LogP contribution < -0.4 is 5.32 Å². The lowest BCUT2D eigenvalue weighted by molar-refractivity contribution is 0.188. The van der Waals surface area contributed by atoms with Crippen molar-refractivity contribution >= 4 is 16.9 Å². The number of nitrogens with one attached hydrogen (secondary N) is 2. The molecule has 2 N–H and O–H groups in total. The number of fused-ring (bicyclic) bond motifs is 1. The summed E-state index contributed by atoms with van der Waals surface area (Å²) < 4.78 is 20.6. The number of hydrogen-bond acceptors (Lipinski definition) is 3. The van der Waals surface area contributed by atoms with Gasteiger partial charge in [-0.3, -0.25) is 0 Å². The fourth-order valence-corrected chi connectivity index (χ4v) is 3.23. The van der Waals surface area contributed by atoms with Crippen molar-refractivity contribution in [3.8, 4) is 11.3 Å². The molecule has 0 unspecified atom stereocenters. The molecule has 0 aliphatic carbocycles. The number of para-hydroxylation sites is 1. The highest BCUT2D eigenvalue weighted by Crippen LogP contribution is 2.25. The highest BCUT2D eigenvalue weighted by atomic mass is 19.1. The van der Waals surface area contributed by atoms with Crippen LogP contribution in [0.2, 0.25) is 0 Å². The number of halogens is 1. The van der Waals surface area contributed by atoms with Crippen LogP contribution in [0.15, 0.2) is 60.9 Å². The molecular weight excluding hydrogens is 343 g/mol. The normalized spacial score (nSPS) is 11.2. The molecule has 4 rings (SSSR count). The Balaban J connectivity index is 1.61. The first-order valence-electron chi connectivity index (χ1n) is 8.85. The highest BCUT2D eigenvalue weighted by molar-refractivity contribution is 5.83. The molecule has 2 heterocycles. The number of ether oxygens (including phenoxy) is 1. The number of rotatable bonds is 7. The molecule has 2 aromatic heterocycles. The second-order valence-electron chi connectivity index (χ2n) is 6.33. The van der Waals surface area contributed by atoms with Crippen LogP contribution in [-0.2, 0) is 17.8 Å². The van der Waals surface area contributed by atoms with Gasteiger partial charge >= 0.3 is 0 Å². The van der Waals surface area contributed by atoms with Gasteiger partial charge in [-0.1, -0.05) is 18.2 Å². The minimum atomic E-state index is -0.251. The first-order valence-corrected chi connectivity index (χ1v) is 8.85. The lowest BCUT2D eigenvalue weighted by Gasteiger charge is -2.13. The molecular formula is C21H21FN4O. The number of aromatic amines is 1. The Labute approximate surface area is 156 Å². The summed E-state index contributed by atoms with van der Waals surface area (Å²) >= 11 is 0. The quantitative estimate of drug-likeness (QED) is 0.510. The number of benzene rings is 2. The molecule has 0 radical (unpaired) electrons. The van der Waals surface area contributed by atoms with Gasteiger partial charge in [-0.25, -0.2) is 9.37 Å². The first kappa shape index (κ1) is 17.3. The average molecular weight is 364 g/mol. The molecule has 0 fully saturated rings. The van der Waals surface area contributed by atoms with Gasteiger partial charge < -0.3 is 19.6 Å². The molecule has 0 saturated heterocycles. The zero-order valence-corrected chi connectivity index (χ0v) is 15.1. The maximum Gasteiger partial charge on any atom is 0.203 e. The smallest absolute Gasteiger partial charge is 0.203 e. The van der Waals surface area contributed by atoms with Crippen LogP contribution in [0, 0.1) is 5.82 Å². The van der Waals surface area contributed by atoms with Crippen molar-refractivity contribution < 1.29 is 9.13 Å². The minimum Gasteiger partial charge on any atom is -0.383 e. The minimum absolute atomic E-state index is 0.251. The number of H-pyrrole nitrogens is 1. The summed E-state index contributed by atoms with van der Waals surface area (Å²) in [6.45, 7) is 1.86. The largest absolute Gasteiger partial charge is 0.383 e. The third-order valence-corrected chi connectivity index (χ3v) is 4.63. The second-order valence-corrected chi connectivity index (χ2v) is 6.33. The fourth-order valence-electron chi connectivity index (χ4n) is 3.23. The van der Waals surface area contributed by atoms with Crippen molar-refractivity contribution in [1.29, 1.82) is 0 Å². The van der Waals surface area contributed by atoms with Crippen molar-refractivity contribution in [2.45, 2.75) is 13.1 Å². The molecule has 0 saturated carbocycles. The molecule has 0 aliphatic heterocycles. The maximum atomic E-state index is 13.3. The molecule has 6 heteroatoms. The molecule has 4 aromatic rings. The van der Waals surface area contributed by atoms with E-state index in [0.717, 1.165) is 22.7 Å². The number of hydrogen-bond donors (Lipinski definition) is 2. The summed E-state index contributed by atoms with van der Waals surface area (Å²) in [7, 11) is 1.67. The standard InChI is InChI=1S/C21H21FN4O/c1-27-11-10-26-20(15-6-8-17(22)9-7-15)14-25-21(26)24-13-16-12-23-19-5-3-2-4-18(16)19/h2-9,12,14,23H,10-11,13H2,1H3,(H,24,25). The van der Waals surface area contributed by atoms with E-state index in [-0.39, 0.29) is 5.82 Å². The van der Waals surface area contributed by atoms with Crippen molar-refractivity contribution in [3.05, 3.63) is 72.3 Å². The van der Waals surface area contributed by atoms with Gasteiger partial charge in [0.25, 0.3) is 0 Å². The third kappa shape index (κ3) is 3.57. The van der Waals surface area contributed by atoms with Crippen LogP contribution in [0.3, 0.4) is 0 Å². The van der Waals surface area contributed by atoms with E-state index in [9.17, 15) is 4.39 Å². The molecule has 0 spiro atoms. The summed E-state index contributed by atoms with van der Waals surface area (Å²) in [6, 6.07) is 14.7. The van der Waals surface area contributed by atoms with Gasteiger partial charge in [0.05, 0.1) is 18.5 Å². The Hall–Kier alpha value is -3.12. The summed E-state index contributed by atoms with van der Waals surface area (Å²) in [5.41, 5.74) is 4.13. The van der Waals surface area contributed by atoms with Crippen molar-refractivity contribution in [2.75, 3.05) is 19.0 Å². The van der Waals surface area contributed by atoms with Gasteiger partial charge in [0.1, 0.15) is 5.82 Å². The van der Waals surface area contributed by atoms with Gasteiger partial charge in [0.15, 0.2) is 0 Å². The molecule has 0 bridgehead atoms. The molecule has 27 heavy (non-hydrogen) atoms. The zero-order chi connectivity index (χ0) is 18.6. The van der Waals surface area contributed by atoms with E-state index in [1.807, 2.05) is 18.3 Å². The van der Waals surface area contributed by atoms with E-state index >= 15 is 0 Å². The predicted octanol–water partition coefficient (Wildman–Crippen LogP) is 4.43. The van der Waals surface area contributed by atoms with Gasteiger partial charge in [0.2, 0.25) is 5.95 Å². The molecule has 0 amide bonds. The first-order chi connectivity index (χ1) is 13.3. The maximum absolute atomic E-state index is 13.3. The Morgan fingerprint density at radius 3 is 2.78 bits per heavy atom. The van der Waals surface area contributed by atoms with Gasteiger partial charge in [-0.05, 0) is 35.9 Å². The van der Waals surface area contributed by atoms with E-state index in [1.165, 1.54) is 23.1 Å². The molecule has 0 aliphatic rings. The topological polar surface area (TPSA) is 54.9 Å². The van der Waals surface area contributed by atoms with Crippen LogP contribution in [0.25, 0.3) is 22.2 Å². The van der Waals surface area contributed by atoms with Crippen LogP contribution in [0.5, 0.6) is 0 Å².